The summed E-state index contributed by atoms with van der Waals surface area (Å²) in [4.78, 5) is 14.3. The van der Waals surface area contributed by atoms with Crippen molar-refractivity contribution in [3.63, 3.8) is 0 Å². The number of carbonyl (C=O) groups excluding carboxylic acids is 1. The Morgan fingerprint density at radius 1 is 1.05 bits per heavy atom. The molecule has 2 aromatic rings. The van der Waals surface area contributed by atoms with E-state index in [9.17, 15) is 9.90 Å². The molecule has 0 aliphatic heterocycles. The molecule has 0 heterocycles. The van der Waals surface area contributed by atoms with E-state index in [2.05, 4.69) is 0 Å². The van der Waals surface area contributed by atoms with Crippen LogP contribution in [0.25, 0.3) is 0 Å². The Morgan fingerprint density at radius 3 is 2.30 bits per heavy atom. The van der Waals surface area contributed by atoms with Gasteiger partial charge in [-0.15, -0.1) is 0 Å². The summed E-state index contributed by atoms with van der Waals surface area (Å²) in [6.45, 7) is 1.10. The van der Waals surface area contributed by atoms with E-state index in [1.807, 2.05) is 30.3 Å². The monoisotopic (exact) mass is 270 g/mol. The summed E-state index contributed by atoms with van der Waals surface area (Å²) in [7, 11) is 0. The minimum atomic E-state index is -0.0929. The van der Waals surface area contributed by atoms with Gasteiger partial charge in [0.2, 0.25) is 0 Å². The van der Waals surface area contributed by atoms with Crippen molar-refractivity contribution in [1.29, 1.82) is 0 Å². The Kier molecular flexibility index (Phi) is 4.74. The van der Waals surface area contributed by atoms with Crippen LogP contribution in [0.1, 0.15) is 16.8 Å². The predicted octanol–water partition coefficient (Wildman–Crippen LogP) is 2.39. The molecule has 0 spiro atoms. The largest absolute Gasteiger partial charge is 0.508 e. The fourth-order valence-electron chi connectivity index (χ4n) is 1.97. The van der Waals surface area contributed by atoms with Gasteiger partial charge in [-0.05, 0) is 49.4 Å². The lowest BCUT2D eigenvalue weighted by molar-refractivity contribution is 0.0987. The lowest BCUT2D eigenvalue weighted by atomic mass is 10.1. The number of nitrogens with two attached hydrogens (primary N) is 1. The number of rotatable bonds is 5. The van der Waals surface area contributed by atoms with Gasteiger partial charge in [0.05, 0.1) is 0 Å². The minimum Gasteiger partial charge on any atom is -0.508 e. The highest BCUT2D eigenvalue weighted by Crippen LogP contribution is 2.18. The molecule has 4 nitrogen and oxygen atoms in total. The van der Waals surface area contributed by atoms with Crippen molar-refractivity contribution >= 4 is 11.6 Å². The Bertz CT molecular complexity index is 552. The molecular formula is C16H18N2O2. The SMILES string of the molecule is NCCCN(C(=O)c1ccc(O)cc1)c1ccccc1. The highest BCUT2D eigenvalue weighted by Gasteiger charge is 2.16. The number of benzene rings is 2. The maximum absolute atomic E-state index is 12.6. The minimum absolute atomic E-state index is 0.0929. The van der Waals surface area contributed by atoms with E-state index in [0.29, 0.717) is 18.7 Å². The van der Waals surface area contributed by atoms with Crippen LogP contribution in [0.4, 0.5) is 5.69 Å². The van der Waals surface area contributed by atoms with Crippen LogP contribution >= 0.6 is 0 Å². The molecule has 0 radical (unpaired) electrons. The maximum atomic E-state index is 12.6. The predicted molar refractivity (Wildman–Crippen MR) is 79.9 cm³/mol. The van der Waals surface area contributed by atoms with Gasteiger partial charge in [-0.3, -0.25) is 4.79 Å². The molecule has 3 N–H and O–H groups in total. The van der Waals surface area contributed by atoms with E-state index in [1.54, 1.807) is 17.0 Å². The molecule has 0 atom stereocenters. The molecule has 0 unspecified atom stereocenters. The second-order valence-electron chi connectivity index (χ2n) is 4.48. The zero-order valence-electron chi connectivity index (χ0n) is 11.2. The first-order chi connectivity index (χ1) is 9.72. The van der Waals surface area contributed by atoms with Gasteiger partial charge in [0.1, 0.15) is 5.75 Å². The van der Waals surface area contributed by atoms with Crippen LogP contribution in [-0.4, -0.2) is 24.1 Å². The number of phenolic OH excluding ortho intramolecular Hbond substituents is 1. The molecule has 2 rings (SSSR count). The summed E-state index contributed by atoms with van der Waals surface area (Å²) in [6.07, 6.45) is 0.735. The van der Waals surface area contributed by atoms with Gasteiger partial charge >= 0.3 is 0 Å². The summed E-state index contributed by atoms with van der Waals surface area (Å²) < 4.78 is 0. The Hall–Kier alpha value is -2.33. The van der Waals surface area contributed by atoms with Crippen LogP contribution in [0, 0.1) is 0 Å². The van der Waals surface area contributed by atoms with Crippen LogP contribution in [0.5, 0.6) is 5.75 Å². The molecule has 0 aliphatic carbocycles. The summed E-state index contributed by atoms with van der Waals surface area (Å²) >= 11 is 0. The highest BCUT2D eigenvalue weighted by atomic mass is 16.3. The van der Waals surface area contributed by atoms with Gasteiger partial charge in [0.15, 0.2) is 0 Å². The van der Waals surface area contributed by atoms with Gasteiger partial charge in [0, 0.05) is 17.8 Å². The van der Waals surface area contributed by atoms with E-state index in [0.717, 1.165) is 12.1 Å². The van der Waals surface area contributed by atoms with Crippen LogP contribution in [0.15, 0.2) is 54.6 Å². The number of carbonyl (C=O) groups is 1. The first-order valence-corrected chi connectivity index (χ1v) is 6.58. The van der Waals surface area contributed by atoms with Gasteiger partial charge in [-0.1, -0.05) is 18.2 Å². The van der Waals surface area contributed by atoms with Crippen LogP contribution < -0.4 is 10.6 Å². The molecule has 4 heteroatoms. The van der Waals surface area contributed by atoms with Crippen LogP contribution in [0.2, 0.25) is 0 Å². The summed E-state index contributed by atoms with van der Waals surface area (Å²) in [6, 6.07) is 15.8. The lowest BCUT2D eigenvalue weighted by Gasteiger charge is -2.22. The zero-order chi connectivity index (χ0) is 14.4. The zero-order valence-corrected chi connectivity index (χ0v) is 11.2. The quantitative estimate of drug-likeness (QED) is 0.876. The molecule has 0 aromatic heterocycles. The number of amides is 1. The fourth-order valence-corrected chi connectivity index (χ4v) is 1.97. The molecule has 1 amide bonds. The van der Waals surface area contributed by atoms with Crippen molar-refractivity contribution in [3.8, 4) is 5.75 Å². The third-order valence-corrected chi connectivity index (χ3v) is 3.01. The Labute approximate surface area is 118 Å². The molecule has 20 heavy (non-hydrogen) atoms. The number of nitrogens with zero attached hydrogens (tertiary/aromatic N) is 1. The fraction of sp³-hybridized carbons (Fsp3) is 0.188. The number of hydrogen-bond donors (Lipinski definition) is 2. The molecule has 0 bridgehead atoms. The van der Waals surface area contributed by atoms with Crippen molar-refractivity contribution in [1.82, 2.24) is 0 Å². The van der Waals surface area contributed by atoms with E-state index in [4.69, 9.17) is 5.73 Å². The van der Waals surface area contributed by atoms with E-state index in [1.165, 1.54) is 12.1 Å². The average molecular weight is 270 g/mol. The third-order valence-electron chi connectivity index (χ3n) is 3.01. The first kappa shape index (κ1) is 14.1. The van der Waals surface area contributed by atoms with Gasteiger partial charge in [-0.25, -0.2) is 0 Å². The second kappa shape index (κ2) is 6.73. The maximum Gasteiger partial charge on any atom is 0.258 e. The van der Waals surface area contributed by atoms with E-state index >= 15 is 0 Å². The Morgan fingerprint density at radius 2 is 1.70 bits per heavy atom. The second-order valence-corrected chi connectivity index (χ2v) is 4.48. The third kappa shape index (κ3) is 3.36. The lowest BCUT2D eigenvalue weighted by Crippen LogP contribution is -2.32. The molecule has 0 fully saturated rings. The molecular weight excluding hydrogens is 252 g/mol. The van der Waals surface area contributed by atoms with Gasteiger partial charge in [-0.2, -0.15) is 0 Å². The van der Waals surface area contributed by atoms with Gasteiger partial charge in [0.25, 0.3) is 5.91 Å². The normalized spacial score (nSPS) is 10.2. The number of aromatic hydroxyl groups is 1. The number of phenols is 1. The first-order valence-electron chi connectivity index (χ1n) is 6.58. The van der Waals surface area contributed by atoms with Crippen molar-refractivity contribution in [2.75, 3.05) is 18.0 Å². The molecule has 2 aromatic carbocycles. The van der Waals surface area contributed by atoms with Crippen molar-refractivity contribution in [3.05, 3.63) is 60.2 Å². The molecule has 0 saturated heterocycles. The number of para-hydroxylation sites is 1. The molecule has 104 valence electrons. The van der Waals surface area contributed by atoms with Crippen LogP contribution in [-0.2, 0) is 0 Å². The van der Waals surface area contributed by atoms with Crippen molar-refractivity contribution in [2.45, 2.75) is 6.42 Å². The standard InChI is InChI=1S/C16H18N2O2/c17-11-4-12-18(14-5-2-1-3-6-14)16(20)13-7-9-15(19)10-8-13/h1-3,5-10,19H,4,11-12,17H2. The van der Waals surface area contributed by atoms with Gasteiger partial charge < -0.3 is 15.7 Å². The summed E-state index contributed by atoms with van der Waals surface area (Å²) in [5.41, 5.74) is 6.93. The van der Waals surface area contributed by atoms with E-state index in [-0.39, 0.29) is 11.7 Å². The highest BCUT2D eigenvalue weighted by molar-refractivity contribution is 6.06. The van der Waals surface area contributed by atoms with Crippen LogP contribution in [0.3, 0.4) is 0 Å². The van der Waals surface area contributed by atoms with Crippen molar-refractivity contribution < 1.29 is 9.90 Å². The number of anilines is 1. The van der Waals surface area contributed by atoms with Crippen molar-refractivity contribution in [2.24, 2.45) is 5.73 Å². The molecule has 0 saturated carbocycles. The summed E-state index contributed by atoms with van der Waals surface area (Å²) in [5.74, 6) is 0.0550. The smallest absolute Gasteiger partial charge is 0.258 e. The average Bonchev–Trinajstić information content (AvgIpc) is 2.49. The van der Waals surface area contributed by atoms with E-state index < -0.39 is 0 Å². The molecule has 0 aliphatic rings. The summed E-state index contributed by atoms with van der Waals surface area (Å²) in [5, 5.41) is 9.29. The Balaban J connectivity index is 2.26. The topological polar surface area (TPSA) is 66.6 Å². The number of hydrogen-bond acceptors (Lipinski definition) is 3.